The Balaban J connectivity index is 2.04. The number of oxime groups is 1. The molecule has 0 aliphatic heterocycles. The standard InChI is InChI=1S/C11H13NO/c13-12-11(10-6-7-10)8-9-4-2-1-3-5-9/h1-5,10,13H,6-8H2/b12-11-. The molecular formula is C11H13NO. The van der Waals surface area contributed by atoms with Crippen molar-refractivity contribution in [2.45, 2.75) is 19.3 Å². The van der Waals surface area contributed by atoms with E-state index in [1.54, 1.807) is 0 Å². The maximum absolute atomic E-state index is 8.79. The zero-order chi connectivity index (χ0) is 9.10. The minimum Gasteiger partial charge on any atom is -0.411 e. The average molecular weight is 175 g/mol. The predicted molar refractivity (Wildman–Crippen MR) is 52.1 cm³/mol. The topological polar surface area (TPSA) is 32.6 Å². The second-order valence-corrected chi connectivity index (χ2v) is 3.53. The quantitative estimate of drug-likeness (QED) is 0.427. The Bertz CT molecular complexity index is 301. The number of nitrogens with zero attached hydrogens (tertiary/aromatic N) is 1. The minimum atomic E-state index is 0.546. The zero-order valence-corrected chi connectivity index (χ0v) is 7.48. The molecule has 1 aliphatic carbocycles. The SMILES string of the molecule is O/N=C(/Cc1ccccc1)C1CC1. The second-order valence-electron chi connectivity index (χ2n) is 3.53. The van der Waals surface area contributed by atoms with Crippen molar-refractivity contribution in [3.63, 3.8) is 0 Å². The third-order valence-corrected chi connectivity index (χ3v) is 2.41. The Hall–Kier alpha value is -1.31. The minimum absolute atomic E-state index is 0.546. The van der Waals surface area contributed by atoms with Gasteiger partial charge in [-0.3, -0.25) is 0 Å². The monoisotopic (exact) mass is 175 g/mol. The Morgan fingerprint density at radius 1 is 1.31 bits per heavy atom. The first kappa shape index (κ1) is 8.30. The van der Waals surface area contributed by atoms with Crippen LogP contribution in [-0.4, -0.2) is 10.9 Å². The van der Waals surface area contributed by atoms with Gasteiger partial charge >= 0.3 is 0 Å². The molecule has 1 saturated carbocycles. The molecule has 2 rings (SSSR count). The van der Waals surface area contributed by atoms with Crippen LogP contribution in [0.4, 0.5) is 0 Å². The van der Waals surface area contributed by atoms with Crippen LogP contribution in [0.3, 0.4) is 0 Å². The van der Waals surface area contributed by atoms with Crippen LogP contribution < -0.4 is 0 Å². The molecule has 1 N–H and O–H groups in total. The van der Waals surface area contributed by atoms with Crippen LogP contribution in [0.1, 0.15) is 18.4 Å². The van der Waals surface area contributed by atoms with Crippen LogP contribution in [0.2, 0.25) is 0 Å². The summed E-state index contributed by atoms with van der Waals surface area (Å²) in [7, 11) is 0. The van der Waals surface area contributed by atoms with Gasteiger partial charge in [-0.1, -0.05) is 35.5 Å². The highest BCUT2D eigenvalue weighted by molar-refractivity contribution is 5.90. The summed E-state index contributed by atoms with van der Waals surface area (Å²) in [5, 5.41) is 12.1. The van der Waals surface area contributed by atoms with Gasteiger partial charge in [0, 0.05) is 12.3 Å². The van der Waals surface area contributed by atoms with Crippen molar-refractivity contribution >= 4 is 5.71 Å². The fraction of sp³-hybridized carbons (Fsp3) is 0.364. The van der Waals surface area contributed by atoms with E-state index in [2.05, 4.69) is 17.3 Å². The van der Waals surface area contributed by atoms with Crippen molar-refractivity contribution in [3.8, 4) is 0 Å². The summed E-state index contributed by atoms with van der Waals surface area (Å²) >= 11 is 0. The summed E-state index contributed by atoms with van der Waals surface area (Å²) < 4.78 is 0. The molecule has 68 valence electrons. The normalized spacial score (nSPS) is 17.4. The van der Waals surface area contributed by atoms with Crippen molar-refractivity contribution in [1.82, 2.24) is 0 Å². The van der Waals surface area contributed by atoms with E-state index in [9.17, 15) is 0 Å². The summed E-state index contributed by atoms with van der Waals surface area (Å²) in [6, 6.07) is 10.1. The van der Waals surface area contributed by atoms with E-state index in [4.69, 9.17) is 5.21 Å². The third kappa shape index (κ3) is 2.08. The summed E-state index contributed by atoms with van der Waals surface area (Å²) in [5.74, 6) is 0.546. The molecular weight excluding hydrogens is 162 g/mol. The van der Waals surface area contributed by atoms with Crippen molar-refractivity contribution in [2.75, 3.05) is 0 Å². The molecule has 0 heterocycles. The van der Waals surface area contributed by atoms with Gasteiger partial charge in [0.1, 0.15) is 0 Å². The lowest BCUT2D eigenvalue weighted by Crippen LogP contribution is -2.05. The van der Waals surface area contributed by atoms with Gasteiger partial charge in [0.05, 0.1) is 5.71 Å². The van der Waals surface area contributed by atoms with Gasteiger partial charge in [0.15, 0.2) is 0 Å². The van der Waals surface area contributed by atoms with Gasteiger partial charge in [-0.2, -0.15) is 0 Å². The highest BCUT2D eigenvalue weighted by Crippen LogP contribution is 2.31. The van der Waals surface area contributed by atoms with E-state index >= 15 is 0 Å². The summed E-state index contributed by atoms with van der Waals surface area (Å²) in [4.78, 5) is 0. The van der Waals surface area contributed by atoms with Crippen molar-refractivity contribution in [2.24, 2.45) is 11.1 Å². The van der Waals surface area contributed by atoms with Gasteiger partial charge < -0.3 is 5.21 Å². The molecule has 2 nitrogen and oxygen atoms in total. The molecule has 1 fully saturated rings. The van der Waals surface area contributed by atoms with Gasteiger partial charge in [0.25, 0.3) is 0 Å². The fourth-order valence-electron chi connectivity index (χ4n) is 1.48. The van der Waals surface area contributed by atoms with E-state index in [0.717, 1.165) is 12.1 Å². The van der Waals surface area contributed by atoms with Crippen LogP contribution in [-0.2, 0) is 6.42 Å². The highest BCUT2D eigenvalue weighted by atomic mass is 16.4. The van der Waals surface area contributed by atoms with Crippen molar-refractivity contribution in [1.29, 1.82) is 0 Å². The number of benzene rings is 1. The molecule has 0 amide bonds. The zero-order valence-electron chi connectivity index (χ0n) is 7.48. The number of hydrogen-bond donors (Lipinski definition) is 1. The van der Waals surface area contributed by atoms with E-state index in [-0.39, 0.29) is 0 Å². The van der Waals surface area contributed by atoms with E-state index in [0.29, 0.717) is 5.92 Å². The summed E-state index contributed by atoms with van der Waals surface area (Å²) in [5.41, 5.74) is 2.16. The Labute approximate surface area is 77.9 Å². The second kappa shape index (κ2) is 3.60. The smallest absolute Gasteiger partial charge is 0.0645 e. The van der Waals surface area contributed by atoms with Crippen LogP contribution in [0.25, 0.3) is 0 Å². The Morgan fingerprint density at radius 3 is 2.54 bits per heavy atom. The first-order valence-electron chi connectivity index (χ1n) is 4.65. The summed E-state index contributed by atoms with van der Waals surface area (Å²) in [6.07, 6.45) is 3.17. The van der Waals surface area contributed by atoms with Crippen LogP contribution in [0.5, 0.6) is 0 Å². The molecule has 0 saturated heterocycles. The van der Waals surface area contributed by atoms with Gasteiger partial charge in [-0.05, 0) is 18.4 Å². The first-order chi connectivity index (χ1) is 6.40. The molecule has 13 heavy (non-hydrogen) atoms. The maximum Gasteiger partial charge on any atom is 0.0645 e. The molecule has 0 unspecified atom stereocenters. The van der Waals surface area contributed by atoms with E-state index < -0.39 is 0 Å². The molecule has 1 aliphatic rings. The lowest BCUT2D eigenvalue weighted by atomic mass is 10.1. The van der Waals surface area contributed by atoms with Gasteiger partial charge in [-0.15, -0.1) is 0 Å². The first-order valence-corrected chi connectivity index (χ1v) is 4.65. The third-order valence-electron chi connectivity index (χ3n) is 2.41. The predicted octanol–water partition coefficient (Wildman–Crippen LogP) is 2.47. The molecule has 2 heteroatoms. The largest absolute Gasteiger partial charge is 0.411 e. The molecule has 1 aromatic carbocycles. The lowest BCUT2D eigenvalue weighted by Gasteiger charge is -2.01. The van der Waals surface area contributed by atoms with E-state index in [1.807, 2.05) is 18.2 Å². The molecule has 0 atom stereocenters. The van der Waals surface area contributed by atoms with Crippen LogP contribution in [0, 0.1) is 5.92 Å². The Morgan fingerprint density at radius 2 is 2.00 bits per heavy atom. The van der Waals surface area contributed by atoms with Gasteiger partial charge in [0.2, 0.25) is 0 Å². The van der Waals surface area contributed by atoms with Gasteiger partial charge in [-0.25, -0.2) is 0 Å². The van der Waals surface area contributed by atoms with Crippen LogP contribution >= 0.6 is 0 Å². The van der Waals surface area contributed by atoms with E-state index in [1.165, 1.54) is 18.4 Å². The molecule has 1 aromatic rings. The highest BCUT2D eigenvalue weighted by Gasteiger charge is 2.27. The summed E-state index contributed by atoms with van der Waals surface area (Å²) in [6.45, 7) is 0. The maximum atomic E-state index is 8.79. The molecule has 0 bridgehead atoms. The fourth-order valence-corrected chi connectivity index (χ4v) is 1.48. The van der Waals surface area contributed by atoms with Crippen molar-refractivity contribution in [3.05, 3.63) is 35.9 Å². The molecule has 0 radical (unpaired) electrons. The van der Waals surface area contributed by atoms with Crippen LogP contribution in [0.15, 0.2) is 35.5 Å². The average Bonchev–Trinajstić information content (AvgIpc) is 2.99. The molecule has 0 aromatic heterocycles. The lowest BCUT2D eigenvalue weighted by molar-refractivity contribution is 0.316. The molecule has 0 spiro atoms. The number of rotatable bonds is 3. The Kier molecular flexibility index (Phi) is 2.30. The van der Waals surface area contributed by atoms with Crippen molar-refractivity contribution < 1.29 is 5.21 Å². The number of hydrogen-bond acceptors (Lipinski definition) is 2.